The highest BCUT2D eigenvalue weighted by molar-refractivity contribution is 6.05. The lowest BCUT2D eigenvalue weighted by atomic mass is 9.95. The van der Waals surface area contributed by atoms with Gasteiger partial charge in [0.05, 0.1) is 11.4 Å². The van der Waals surface area contributed by atoms with E-state index in [1.807, 2.05) is 66.7 Å². The number of nitrogens with two attached hydrogens (primary N) is 1. The standard InChI is InChI=1S/C43H46N10O4/c44-40-38-39(27-6-9-34(10-7-27)57-33-4-2-1-3-5-33)48-53(41(38)46-26-45-40)30-16-20-49(21-17-30)29-14-18-50(19-15-29)32-24-51(25-32)31-8-11-35-28(22-31)23-52(43(35)56)36-12-13-37(54)47-42(36)55/h1-11,22,26,29-30,32,36H,12-21,23-25H2,(H2,44,45,46)(H,47,54,55). The van der Waals surface area contributed by atoms with Gasteiger partial charge in [0, 0.05) is 81.1 Å². The summed E-state index contributed by atoms with van der Waals surface area (Å²) in [6, 6.07) is 24.5. The molecule has 292 valence electrons. The third-order valence-electron chi connectivity index (χ3n) is 12.7. The van der Waals surface area contributed by atoms with Gasteiger partial charge in [0.2, 0.25) is 11.8 Å². The summed E-state index contributed by atoms with van der Waals surface area (Å²) in [5, 5.41) is 8.32. The second-order valence-corrected chi connectivity index (χ2v) is 16.0. The summed E-state index contributed by atoms with van der Waals surface area (Å²) in [5.41, 5.74) is 11.7. The van der Waals surface area contributed by atoms with Gasteiger partial charge in [-0.3, -0.25) is 24.6 Å². The predicted molar refractivity (Wildman–Crippen MR) is 215 cm³/mol. The number of carbonyl (C=O) groups is 3. The zero-order valence-corrected chi connectivity index (χ0v) is 31.8. The van der Waals surface area contributed by atoms with Crippen LogP contribution in [0.3, 0.4) is 0 Å². The number of carbonyl (C=O) groups excluding carboxylic acids is 3. The number of hydrogen-bond acceptors (Lipinski definition) is 11. The smallest absolute Gasteiger partial charge is 0.255 e. The first-order valence-corrected chi connectivity index (χ1v) is 20.2. The van der Waals surface area contributed by atoms with Crippen LogP contribution in [0.25, 0.3) is 22.3 Å². The SMILES string of the molecule is Nc1ncnc2c1c(-c1ccc(Oc3ccccc3)cc1)nn2C1CCN(C2CCN(C3CN(c4ccc5c(c4)CN(C4CCC(=O)NC4=O)C5=O)C3)CC2)CC1. The number of ether oxygens (including phenoxy) is 1. The maximum Gasteiger partial charge on any atom is 0.255 e. The molecule has 4 fully saturated rings. The Morgan fingerprint density at radius 2 is 1.46 bits per heavy atom. The Kier molecular flexibility index (Phi) is 9.09. The number of imide groups is 1. The molecule has 1 unspecified atom stereocenters. The monoisotopic (exact) mass is 766 g/mol. The molecule has 0 aliphatic carbocycles. The number of likely N-dealkylation sites (tertiary alicyclic amines) is 2. The van der Waals surface area contributed by atoms with E-state index in [1.54, 1.807) is 4.90 Å². The molecule has 14 nitrogen and oxygen atoms in total. The van der Waals surface area contributed by atoms with Gasteiger partial charge in [-0.1, -0.05) is 18.2 Å². The number of aromatic nitrogens is 4. The average molecular weight is 767 g/mol. The van der Waals surface area contributed by atoms with E-state index >= 15 is 0 Å². The second-order valence-electron chi connectivity index (χ2n) is 16.0. The first kappa shape index (κ1) is 35.5. The lowest BCUT2D eigenvalue weighted by Gasteiger charge is -2.50. The molecule has 3 amide bonds. The zero-order chi connectivity index (χ0) is 38.6. The highest BCUT2D eigenvalue weighted by Gasteiger charge is 2.41. The van der Waals surface area contributed by atoms with Gasteiger partial charge < -0.3 is 25.2 Å². The van der Waals surface area contributed by atoms with Gasteiger partial charge in [-0.2, -0.15) is 5.10 Å². The topological polar surface area (TPSA) is 155 Å². The Morgan fingerprint density at radius 1 is 0.754 bits per heavy atom. The molecule has 1 atom stereocenters. The van der Waals surface area contributed by atoms with Crippen LogP contribution >= 0.6 is 0 Å². The molecule has 3 N–H and O–H groups in total. The average Bonchev–Trinajstić information content (AvgIpc) is 3.77. The van der Waals surface area contributed by atoms with Gasteiger partial charge >= 0.3 is 0 Å². The number of fused-ring (bicyclic) bond motifs is 2. The van der Waals surface area contributed by atoms with E-state index in [1.165, 1.54) is 19.2 Å². The number of benzene rings is 3. The van der Waals surface area contributed by atoms with Crippen molar-refractivity contribution in [1.82, 2.24) is 39.8 Å². The third-order valence-corrected chi connectivity index (χ3v) is 12.7. The molecular formula is C43H46N10O4. The van der Waals surface area contributed by atoms with Crippen LogP contribution in [-0.4, -0.2) is 110 Å². The molecule has 7 heterocycles. The Balaban J connectivity index is 0.725. The molecule has 0 bridgehead atoms. The van der Waals surface area contributed by atoms with Crippen LogP contribution in [0.1, 0.15) is 60.5 Å². The third kappa shape index (κ3) is 6.65. The van der Waals surface area contributed by atoms with Crippen LogP contribution in [0, 0.1) is 0 Å². The van der Waals surface area contributed by atoms with Crippen molar-refractivity contribution in [2.75, 3.05) is 49.9 Å². The predicted octanol–water partition coefficient (Wildman–Crippen LogP) is 4.62. The summed E-state index contributed by atoms with van der Waals surface area (Å²) in [6.45, 7) is 6.59. The summed E-state index contributed by atoms with van der Waals surface area (Å²) in [5.74, 6) is 1.20. The molecule has 0 spiro atoms. The van der Waals surface area contributed by atoms with Crippen molar-refractivity contribution in [1.29, 1.82) is 0 Å². The molecule has 5 aliphatic rings. The lowest BCUT2D eigenvalue weighted by molar-refractivity contribution is -0.136. The van der Waals surface area contributed by atoms with Crippen LogP contribution in [0.2, 0.25) is 0 Å². The Bertz CT molecular complexity index is 2330. The number of nitrogens with one attached hydrogen (secondary N) is 1. The van der Waals surface area contributed by atoms with Gasteiger partial charge in [0.25, 0.3) is 5.91 Å². The van der Waals surface area contributed by atoms with Gasteiger partial charge in [-0.05, 0) is 92.3 Å². The van der Waals surface area contributed by atoms with E-state index in [9.17, 15) is 14.4 Å². The van der Waals surface area contributed by atoms with E-state index in [0.717, 1.165) is 97.2 Å². The molecule has 5 aliphatic heterocycles. The minimum absolute atomic E-state index is 0.129. The van der Waals surface area contributed by atoms with Crippen molar-refractivity contribution < 1.29 is 19.1 Å². The maximum atomic E-state index is 13.1. The highest BCUT2D eigenvalue weighted by atomic mass is 16.5. The number of rotatable bonds is 8. The minimum atomic E-state index is -0.592. The van der Waals surface area contributed by atoms with Gasteiger partial charge in [-0.25, -0.2) is 14.6 Å². The molecule has 4 saturated heterocycles. The van der Waals surface area contributed by atoms with E-state index in [-0.39, 0.29) is 30.2 Å². The number of nitrogens with zero attached hydrogens (tertiary/aromatic N) is 8. The molecular weight excluding hydrogens is 721 g/mol. The van der Waals surface area contributed by atoms with Crippen LogP contribution in [-0.2, 0) is 16.1 Å². The summed E-state index contributed by atoms with van der Waals surface area (Å²) in [7, 11) is 0. The summed E-state index contributed by atoms with van der Waals surface area (Å²) in [4.78, 5) is 55.6. The molecule has 0 radical (unpaired) electrons. The Labute approximate surface area is 330 Å². The van der Waals surface area contributed by atoms with Crippen molar-refractivity contribution >= 4 is 40.3 Å². The highest BCUT2D eigenvalue weighted by Crippen LogP contribution is 2.37. The van der Waals surface area contributed by atoms with Gasteiger partial charge in [0.1, 0.15) is 35.4 Å². The summed E-state index contributed by atoms with van der Waals surface area (Å²) >= 11 is 0. The fourth-order valence-corrected chi connectivity index (χ4v) is 9.52. The quantitative estimate of drug-likeness (QED) is 0.213. The first-order valence-electron chi connectivity index (χ1n) is 20.2. The van der Waals surface area contributed by atoms with Gasteiger partial charge in [-0.15, -0.1) is 0 Å². The van der Waals surface area contributed by atoms with E-state index in [0.29, 0.717) is 36.4 Å². The van der Waals surface area contributed by atoms with Crippen molar-refractivity contribution in [3.05, 3.63) is 90.3 Å². The van der Waals surface area contributed by atoms with Crippen molar-refractivity contribution in [2.45, 2.75) is 69.2 Å². The van der Waals surface area contributed by atoms with Crippen LogP contribution in [0.5, 0.6) is 11.5 Å². The minimum Gasteiger partial charge on any atom is -0.457 e. The lowest BCUT2D eigenvalue weighted by Crippen LogP contribution is -2.62. The normalized spacial score (nSPS) is 21.5. The van der Waals surface area contributed by atoms with Gasteiger partial charge in [0.15, 0.2) is 5.65 Å². The van der Waals surface area contributed by atoms with Crippen molar-refractivity contribution in [3.8, 4) is 22.8 Å². The van der Waals surface area contributed by atoms with E-state index < -0.39 is 6.04 Å². The first-order chi connectivity index (χ1) is 27.9. The number of anilines is 2. The number of amides is 3. The molecule has 0 saturated carbocycles. The Hall–Kier alpha value is -5.86. The number of hydrogen-bond donors (Lipinski definition) is 2. The van der Waals surface area contributed by atoms with Crippen molar-refractivity contribution in [3.63, 3.8) is 0 Å². The summed E-state index contributed by atoms with van der Waals surface area (Å²) in [6.07, 6.45) is 6.50. The Morgan fingerprint density at radius 3 is 2.19 bits per heavy atom. The largest absolute Gasteiger partial charge is 0.457 e. The zero-order valence-electron chi connectivity index (χ0n) is 31.8. The van der Waals surface area contributed by atoms with Crippen molar-refractivity contribution in [2.24, 2.45) is 0 Å². The van der Waals surface area contributed by atoms with E-state index in [2.05, 4.69) is 40.7 Å². The molecule has 2 aromatic heterocycles. The summed E-state index contributed by atoms with van der Waals surface area (Å²) < 4.78 is 8.11. The molecule has 14 heteroatoms. The molecule has 57 heavy (non-hydrogen) atoms. The fourth-order valence-electron chi connectivity index (χ4n) is 9.52. The number of para-hydroxylation sites is 1. The van der Waals surface area contributed by atoms with Crippen LogP contribution < -0.4 is 20.7 Å². The number of nitrogen functional groups attached to an aromatic ring is 1. The van der Waals surface area contributed by atoms with Crippen LogP contribution in [0.15, 0.2) is 79.1 Å². The number of piperidine rings is 3. The molecule has 10 rings (SSSR count). The van der Waals surface area contributed by atoms with E-state index in [4.69, 9.17) is 15.6 Å². The van der Waals surface area contributed by atoms with Crippen LogP contribution in [0.4, 0.5) is 11.5 Å². The maximum absolute atomic E-state index is 13.1. The fraction of sp³-hybridized carbons (Fsp3) is 0.395. The molecule has 5 aromatic rings. The second kappa shape index (κ2) is 14.6. The molecule has 3 aromatic carbocycles.